The SMILES string of the molecule is CCOC(=O)c1cc(-c2ccccc2)cc(-c2ccccc2)[n+]1-c1cnccn1.F[B-](F)(F)F. The molecule has 0 aliphatic rings. The lowest BCUT2D eigenvalue weighted by atomic mass is 10.0. The number of hydrogen-bond donors (Lipinski definition) is 0. The standard InChI is InChI=1S/C24H20N3O2.BF4/c1-2-29-24(28)22-16-20(18-9-5-3-6-10-18)15-21(19-11-7-4-8-12-19)27(22)23-17-25-13-14-26-23;2-1(3,4)5/h3-17H,2H2,1H3;/q+1;-1. The van der Waals surface area contributed by atoms with Crippen LogP contribution in [0.5, 0.6) is 0 Å². The molecule has 2 aromatic heterocycles. The fraction of sp³-hybridized carbons (Fsp3) is 0.0833. The van der Waals surface area contributed by atoms with Crippen molar-refractivity contribution in [1.29, 1.82) is 0 Å². The van der Waals surface area contributed by atoms with Crippen LogP contribution in [0.25, 0.3) is 28.2 Å². The molecule has 4 rings (SSSR count). The zero-order valence-corrected chi connectivity index (χ0v) is 18.1. The van der Waals surface area contributed by atoms with Crippen molar-refractivity contribution >= 4 is 13.2 Å². The van der Waals surface area contributed by atoms with Gasteiger partial charge in [-0.25, -0.2) is 4.79 Å². The predicted molar refractivity (Wildman–Crippen MR) is 121 cm³/mol. The minimum absolute atomic E-state index is 0.287. The third-order valence-corrected chi connectivity index (χ3v) is 4.51. The molecule has 0 spiro atoms. The molecule has 10 heteroatoms. The quantitative estimate of drug-likeness (QED) is 0.166. The first kappa shape index (κ1) is 24.6. The van der Waals surface area contributed by atoms with Gasteiger partial charge in [0, 0.05) is 11.6 Å². The third kappa shape index (κ3) is 6.71. The zero-order valence-electron chi connectivity index (χ0n) is 18.1. The van der Waals surface area contributed by atoms with Gasteiger partial charge in [0.15, 0.2) is 6.20 Å². The van der Waals surface area contributed by atoms with E-state index >= 15 is 0 Å². The monoisotopic (exact) mass is 469 g/mol. The number of carbonyl (C=O) groups is 1. The van der Waals surface area contributed by atoms with Gasteiger partial charge in [0.2, 0.25) is 5.69 Å². The summed E-state index contributed by atoms with van der Waals surface area (Å²) in [7, 11) is -6.00. The third-order valence-electron chi connectivity index (χ3n) is 4.51. The molecule has 0 aliphatic heterocycles. The van der Waals surface area contributed by atoms with E-state index in [2.05, 4.69) is 16.0 Å². The Morgan fingerprint density at radius 1 is 0.882 bits per heavy atom. The molecule has 0 radical (unpaired) electrons. The number of carbonyl (C=O) groups excluding carboxylic acids is 1. The van der Waals surface area contributed by atoms with Crippen molar-refractivity contribution in [3.05, 3.63) is 97.1 Å². The number of nitrogens with zero attached hydrogens (tertiary/aromatic N) is 3. The highest BCUT2D eigenvalue weighted by atomic mass is 19.5. The molecule has 0 fully saturated rings. The van der Waals surface area contributed by atoms with Crippen molar-refractivity contribution in [3.63, 3.8) is 0 Å². The van der Waals surface area contributed by atoms with E-state index in [9.17, 15) is 22.1 Å². The highest BCUT2D eigenvalue weighted by molar-refractivity contribution is 6.50. The number of hydrogen-bond acceptors (Lipinski definition) is 4. The van der Waals surface area contributed by atoms with E-state index in [4.69, 9.17) is 4.74 Å². The summed E-state index contributed by atoms with van der Waals surface area (Å²) in [5.41, 5.74) is 4.12. The number of rotatable bonds is 5. The Bertz CT molecular complexity index is 1220. The molecule has 0 saturated heterocycles. The maximum atomic E-state index is 12.9. The molecular formula is C24H20BF4N3O2. The number of esters is 1. The summed E-state index contributed by atoms with van der Waals surface area (Å²) >= 11 is 0. The average Bonchev–Trinajstić information content (AvgIpc) is 2.84. The van der Waals surface area contributed by atoms with Gasteiger partial charge in [-0.05, 0) is 29.1 Å². The average molecular weight is 469 g/mol. The Balaban J connectivity index is 0.000000588. The first-order valence-electron chi connectivity index (χ1n) is 10.3. The van der Waals surface area contributed by atoms with Crippen LogP contribution in [0.1, 0.15) is 17.4 Å². The topological polar surface area (TPSA) is 56.0 Å². The van der Waals surface area contributed by atoms with Crippen molar-refractivity contribution in [2.24, 2.45) is 0 Å². The highest BCUT2D eigenvalue weighted by Crippen LogP contribution is 2.26. The molecule has 4 aromatic rings. The lowest BCUT2D eigenvalue weighted by Gasteiger charge is -2.13. The molecule has 174 valence electrons. The van der Waals surface area contributed by atoms with Crippen LogP contribution >= 0.6 is 0 Å². The first-order valence-corrected chi connectivity index (χ1v) is 10.3. The molecule has 0 atom stereocenters. The van der Waals surface area contributed by atoms with E-state index in [1.165, 1.54) is 0 Å². The van der Waals surface area contributed by atoms with Crippen molar-refractivity contribution in [1.82, 2.24) is 9.97 Å². The van der Waals surface area contributed by atoms with Crippen LogP contribution < -0.4 is 4.57 Å². The normalized spacial score (nSPS) is 10.7. The molecule has 0 N–H and O–H groups in total. The Morgan fingerprint density at radius 2 is 1.47 bits per heavy atom. The van der Waals surface area contributed by atoms with Gasteiger partial charge in [0.05, 0.1) is 12.8 Å². The summed E-state index contributed by atoms with van der Waals surface area (Å²) in [6.45, 7) is 2.08. The fourth-order valence-corrected chi connectivity index (χ4v) is 3.22. The summed E-state index contributed by atoms with van der Waals surface area (Å²) in [5, 5.41) is 0. The Morgan fingerprint density at radius 3 is 2.00 bits per heavy atom. The molecule has 0 amide bonds. The molecule has 0 unspecified atom stereocenters. The van der Waals surface area contributed by atoms with Crippen molar-refractivity contribution in [2.75, 3.05) is 6.61 Å². The van der Waals surface area contributed by atoms with Gasteiger partial charge in [-0.2, -0.15) is 4.57 Å². The molecule has 34 heavy (non-hydrogen) atoms. The van der Waals surface area contributed by atoms with Gasteiger partial charge >= 0.3 is 19.0 Å². The van der Waals surface area contributed by atoms with Crippen LogP contribution in [-0.4, -0.2) is 29.8 Å². The summed E-state index contributed by atoms with van der Waals surface area (Å²) in [6, 6.07) is 23.8. The maximum absolute atomic E-state index is 12.9. The van der Waals surface area contributed by atoms with E-state index in [1.54, 1.807) is 30.1 Å². The number of halogens is 4. The number of aromatic nitrogens is 3. The van der Waals surface area contributed by atoms with Crippen LogP contribution in [0.4, 0.5) is 17.3 Å². The van der Waals surface area contributed by atoms with Crippen LogP contribution in [0.15, 0.2) is 91.4 Å². The fourth-order valence-electron chi connectivity index (χ4n) is 3.22. The second-order valence-corrected chi connectivity index (χ2v) is 6.86. The van der Waals surface area contributed by atoms with Gasteiger partial charge in [-0.1, -0.05) is 60.7 Å². The molecule has 5 nitrogen and oxygen atoms in total. The van der Waals surface area contributed by atoms with E-state index in [1.807, 2.05) is 66.7 Å². The summed E-state index contributed by atoms with van der Waals surface area (Å²) < 4.78 is 46.2. The highest BCUT2D eigenvalue weighted by Gasteiger charge is 2.27. The molecular weight excluding hydrogens is 449 g/mol. The van der Waals surface area contributed by atoms with Crippen molar-refractivity contribution < 1.29 is 31.4 Å². The summed E-state index contributed by atoms with van der Waals surface area (Å²) in [4.78, 5) is 21.5. The van der Waals surface area contributed by atoms with Gasteiger partial charge in [0.25, 0.3) is 0 Å². The first-order chi connectivity index (χ1) is 16.3. The van der Waals surface area contributed by atoms with E-state index in [0.717, 1.165) is 22.4 Å². The number of benzene rings is 2. The van der Waals surface area contributed by atoms with Gasteiger partial charge in [0.1, 0.15) is 11.9 Å². The Kier molecular flexibility index (Phi) is 8.07. The summed E-state index contributed by atoms with van der Waals surface area (Å²) in [5.74, 6) is 0.141. The van der Waals surface area contributed by atoms with Gasteiger partial charge in [-0.3, -0.25) is 4.98 Å². The number of ether oxygens (including phenoxy) is 1. The largest absolute Gasteiger partial charge is 0.673 e. The van der Waals surface area contributed by atoms with Crippen LogP contribution in [0, 0.1) is 0 Å². The van der Waals surface area contributed by atoms with Gasteiger partial charge in [-0.15, -0.1) is 0 Å². The second kappa shape index (κ2) is 11.2. The zero-order chi connectivity index (χ0) is 24.6. The van der Waals surface area contributed by atoms with E-state index in [0.29, 0.717) is 11.5 Å². The molecule has 0 saturated carbocycles. The Labute approximate surface area is 193 Å². The lowest BCUT2D eigenvalue weighted by molar-refractivity contribution is -0.591. The van der Waals surface area contributed by atoms with Crippen LogP contribution in [0.2, 0.25) is 0 Å². The molecule has 2 heterocycles. The number of pyridine rings is 1. The minimum Gasteiger partial charge on any atom is -0.460 e. The summed E-state index contributed by atoms with van der Waals surface area (Å²) in [6.07, 6.45) is 4.85. The smallest absolute Gasteiger partial charge is 0.460 e. The minimum atomic E-state index is -6.00. The van der Waals surface area contributed by atoms with Crippen molar-refractivity contribution in [2.45, 2.75) is 6.92 Å². The van der Waals surface area contributed by atoms with Gasteiger partial charge < -0.3 is 22.0 Å². The Hall–Kier alpha value is -4.08. The van der Waals surface area contributed by atoms with Crippen molar-refractivity contribution in [3.8, 4) is 28.2 Å². The maximum Gasteiger partial charge on any atom is 0.673 e. The molecule has 0 aliphatic carbocycles. The lowest BCUT2D eigenvalue weighted by Crippen LogP contribution is -2.42. The van der Waals surface area contributed by atoms with Crippen LogP contribution in [-0.2, 0) is 4.74 Å². The molecule has 0 bridgehead atoms. The van der Waals surface area contributed by atoms with E-state index in [-0.39, 0.29) is 6.61 Å². The van der Waals surface area contributed by atoms with Crippen LogP contribution in [0.3, 0.4) is 0 Å². The second-order valence-electron chi connectivity index (χ2n) is 6.86. The van der Waals surface area contributed by atoms with E-state index < -0.39 is 13.2 Å². The predicted octanol–water partition coefficient (Wildman–Crippen LogP) is 5.56. The molecule has 2 aromatic carbocycles.